The number of carbonyl (C=O) groups is 2. The van der Waals surface area contributed by atoms with Gasteiger partial charge in [-0.15, -0.1) is 11.3 Å². The van der Waals surface area contributed by atoms with Crippen LogP contribution in [0.4, 0.5) is 0 Å². The summed E-state index contributed by atoms with van der Waals surface area (Å²) in [7, 11) is 1.30. The molecule has 2 atom stereocenters. The molecule has 6 heteroatoms. The van der Waals surface area contributed by atoms with E-state index >= 15 is 0 Å². The van der Waals surface area contributed by atoms with Gasteiger partial charge in [-0.05, 0) is 17.0 Å². The molecule has 2 rings (SSSR count). The van der Waals surface area contributed by atoms with E-state index in [0.29, 0.717) is 12.8 Å². The summed E-state index contributed by atoms with van der Waals surface area (Å²) in [6.07, 6.45) is 0.813. The highest BCUT2D eigenvalue weighted by molar-refractivity contribution is 7.09. The first kappa shape index (κ1) is 17.2. The van der Waals surface area contributed by atoms with Gasteiger partial charge in [0, 0.05) is 17.7 Å². The van der Waals surface area contributed by atoms with Gasteiger partial charge in [0.05, 0.1) is 13.2 Å². The number of methoxy groups -OCH3 is 1. The molecule has 0 saturated carbocycles. The minimum absolute atomic E-state index is 0.357. The maximum absolute atomic E-state index is 12.3. The molecule has 1 amide bonds. The van der Waals surface area contributed by atoms with Gasteiger partial charge in [0.25, 0.3) is 0 Å². The summed E-state index contributed by atoms with van der Waals surface area (Å²) in [5.41, 5.74) is 6.87. The average molecular weight is 332 g/mol. The number of hydrogen-bond acceptors (Lipinski definition) is 5. The summed E-state index contributed by atoms with van der Waals surface area (Å²) in [5, 5.41) is 4.63. The Hall–Kier alpha value is -2.18. The molecular weight excluding hydrogens is 312 g/mol. The minimum Gasteiger partial charge on any atom is -0.467 e. The highest BCUT2D eigenvalue weighted by Crippen LogP contribution is 2.11. The van der Waals surface area contributed by atoms with E-state index in [-0.39, 0.29) is 5.91 Å². The third-order valence-electron chi connectivity index (χ3n) is 3.42. The molecule has 0 aliphatic rings. The number of thiophene rings is 1. The summed E-state index contributed by atoms with van der Waals surface area (Å²) in [6, 6.07) is 11.9. The van der Waals surface area contributed by atoms with E-state index in [1.54, 1.807) is 11.3 Å². The Labute approximate surface area is 139 Å². The van der Waals surface area contributed by atoms with Crippen LogP contribution in [0.3, 0.4) is 0 Å². The van der Waals surface area contributed by atoms with Crippen LogP contribution >= 0.6 is 11.3 Å². The van der Waals surface area contributed by atoms with Crippen molar-refractivity contribution in [3.8, 4) is 0 Å². The van der Waals surface area contributed by atoms with E-state index in [1.165, 1.54) is 7.11 Å². The third kappa shape index (κ3) is 5.19. The molecular formula is C17H20N2O3S. The first-order chi connectivity index (χ1) is 11.1. The number of nitrogens with two attached hydrogens (primary N) is 1. The lowest BCUT2D eigenvalue weighted by molar-refractivity contribution is -0.145. The number of ether oxygens (including phenoxy) is 1. The zero-order chi connectivity index (χ0) is 16.7. The highest BCUT2D eigenvalue weighted by atomic mass is 32.1. The van der Waals surface area contributed by atoms with E-state index < -0.39 is 18.1 Å². The fourth-order valence-corrected chi connectivity index (χ4v) is 2.97. The molecule has 2 aromatic rings. The Balaban J connectivity index is 1.99. The molecule has 0 unspecified atom stereocenters. The van der Waals surface area contributed by atoms with E-state index in [2.05, 4.69) is 5.32 Å². The van der Waals surface area contributed by atoms with E-state index in [0.717, 1.165) is 10.4 Å². The monoisotopic (exact) mass is 332 g/mol. The van der Waals surface area contributed by atoms with Crippen LogP contribution < -0.4 is 11.1 Å². The topological polar surface area (TPSA) is 81.4 Å². The second-order valence-electron chi connectivity index (χ2n) is 5.16. The van der Waals surface area contributed by atoms with Crippen LogP contribution in [0.2, 0.25) is 0 Å². The van der Waals surface area contributed by atoms with Crippen molar-refractivity contribution in [2.75, 3.05) is 7.11 Å². The molecule has 0 fully saturated rings. The van der Waals surface area contributed by atoms with E-state index in [4.69, 9.17) is 10.5 Å². The number of benzene rings is 1. The Morgan fingerprint density at radius 2 is 1.91 bits per heavy atom. The summed E-state index contributed by atoms with van der Waals surface area (Å²) in [4.78, 5) is 25.2. The molecule has 0 aliphatic carbocycles. The Morgan fingerprint density at radius 1 is 1.17 bits per heavy atom. The first-order valence-electron chi connectivity index (χ1n) is 7.30. The molecule has 3 N–H and O–H groups in total. The first-order valence-corrected chi connectivity index (χ1v) is 8.18. The van der Waals surface area contributed by atoms with Gasteiger partial charge in [-0.2, -0.15) is 0 Å². The van der Waals surface area contributed by atoms with Crippen LogP contribution in [-0.2, 0) is 27.2 Å². The van der Waals surface area contributed by atoms with Crippen LogP contribution in [0.25, 0.3) is 0 Å². The van der Waals surface area contributed by atoms with Crippen LogP contribution in [0.5, 0.6) is 0 Å². The van der Waals surface area contributed by atoms with Gasteiger partial charge < -0.3 is 15.8 Å². The Bertz CT molecular complexity index is 629. The zero-order valence-electron chi connectivity index (χ0n) is 12.9. The van der Waals surface area contributed by atoms with Crippen LogP contribution in [-0.4, -0.2) is 31.1 Å². The van der Waals surface area contributed by atoms with Crippen molar-refractivity contribution in [1.82, 2.24) is 5.32 Å². The number of esters is 1. The van der Waals surface area contributed by atoms with Crippen molar-refractivity contribution >= 4 is 23.2 Å². The van der Waals surface area contributed by atoms with Gasteiger partial charge in [0.15, 0.2) is 0 Å². The normalized spacial score (nSPS) is 13.1. The van der Waals surface area contributed by atoms with Crippen LogP contribution in [0.1, 0.15) is 10.4 Å². The van der Waals surface area contributed by atoms with Crippen molar-refractivity contribution in [2.24, 2.45) is 5.73 Å². The number of nitrogens with one attached hydrogen (secondary N) is 1. The lowest BCUT2D eigenvalue weighted by Gasteiger charge is -2.19. The average Bonchev–Trinajstić information content (AvgIpc) is 3.07. The summed E-state index contributed by atoms with van der Waals surface area (Å²) in [6.45, 7) is 0. The predicted octanol–water partition coefficient (Wildman–Crippen LogP) is 1.52. The smallest absolute Gasteiger partial charge is 0.328 e. The fraction of sp³-hybridized carbons (Fsp3) is 0.294. The molecule has 1 aromatic carbocycles. The second-order valence-corrected chi connectivity index (χ2v) is 6.20. The van der Waals surface area contributed by atoms with Gasteiger partial charge in [-0.25, -0.2) is 4.79 Å². The maximum Gasteiger partial charge on any atom is 0.328 e. The number of rotatable bonds is 7. The van der Waals surface area contributed by atoms with Crippen molar-refractivity contribution < 1.29 is 14.3 Å². The molecule has 1 aromatic heterocycles. The van der Waals surface area contributed by atoms with Gasteiger partial charge in [-0.1, -0.05) is 36.4 Å². The Morgan fingerprint density at radius 3 is 2.52 bits per heavy atom. The molecule has 122 valence electrons. The standard InChI is InChI=1S/C17H20N2O3S/c1-22-17(21)15(10-12-6-3-2-4-7-12)19-16(20)14(18)11-13-8-5-9-23-13/h2-9,14-15H,10-11,18H2,1H3,(H,19,20)/t14-,15+/m1/s1. The van der Waals surface area contributed by atoms with Crippen molar-refractivity contribution in [1.29, 1.82) is 0 Å². The SMILES string of the molecule is COC(=O)[C@H](Cc1ccccc1)NC(=O)[C@H](N)Cc1cccs1. The molecule has 0 saturated heterocycles. The quantitative estimate of drug-likeness (QED) is 0.753. The lowest BCUT2D eigenvalue weighted by atomic mass is 10.1. The van der Waals surface area contributed by atoms with E-state index in [9.17, 15) is 9.59 Å². The molecule has 23 heavy (non-hydrogen) atoms. The molecule has 5 nitrogen and oxygen atoms in total. The zero-order valence-corrected chi connectivity index (χ0v) is 13.7. The van der Waals surface area contributed by atoms with Crippen molar-refractivity contribution in [2.45, 2.75) is 24.9 Å². The molecule has 0 aliphatic heterocycles. The number of hydrogen-bond donors (Lipinski definition) is 2. The minimum atomic E-state index is -0.746. The van der Waals surface area contributed by atoms with Gasteiger partial charge >= 0.3 is 5.97 Å². The van der Waals surface area contributed by atoms with Gasteiger partial charge in [0.2, 0.25) is 5.91 Å². The van der Waals surface area contributed by atoms with Crippen LogP contribution in [0.15, 0.2) is 47.8 Å². The number of amides is 1. The summed E-state index contributed by atoms with van der Waals surface area (Å²) in [5.74, 6) is -0.838. The Kier molecular flexibility index (Phi) is 6.31. The second kappa shape index (κ2) is 8.45. The molecule has 0 spiro atoms. The largest absolute Gasteiger partial charge is 0.467 e. The van der Waals surface area contributed by atoms with Crippen LogP contribution in [0, 0.1) is 0 Å². The molecule has 0 radical (unpaired) electrons. The fourth-order valence-electron chi connectivity index (χ4n) is 2.20. The van der Waals surface area contributed by atoms with Gasteiger partial charge in [0.1, 0.15) is 6.04 Å². The maximum atomic E-state index is 12.3. The highest BCUT2D eigenvalue weighted by Gasteiger charge is 2.25. The lowest BCUT2D eigenvalue weighted by Crippen LogP contribution is -2.50. The van der Waals surface area contributed by atoms with Gasteiger partial charge in [-0.3, -0.25) is 4.79 Å². The summed E-state index contributed by atoms with van der Waals surface area (Å²) >= 11 is 1.55. The molecule has 1 heterocycles. The molecule has 0 bridgehead atoms. The third-order valence-corrected chi connectivity index (χ3v) is 4.32. The van der Waals surface area contributed by atoms with E-state index in [1.807, 2.05) is 47.8 Å². The number of carbonyl (C=O) groups excluding carboxylic acids is 2. The predicted molar refractivity (Wildman–Crippen MR) is 90.1 cm³/mol. The van der Waals surface area contributed by atoms with Crippen molar-refractivity contribution in [3.63, 3.8) is 0 Å². The summed E-state index contributed by atoms with van der Waals surface area (Å²) < 4.78 is 4.78. The van der Waals surface area contributed by atoms with Crippen molar-refractivity contribution in [3.05, 3.63) is 58.3 Å².